The minimum absolute atomic E-state index is 0.0422. The number of aromatic amines is 1. The fourth-order valence-electron chi connectivity index (χ4n) is 4.97. The van der Waals surface area contributed by atoms with Crippen LogP contribution in [-0.4, -0.2) is 42.8 Å². The average Bonchev–Trinajstić information content (AvgIpc) is 3.38. The Bertz CT molecular complexity index is 1480. The number of H-pyrrole nitrogens is 1. The van der Waals surface area contributed by atoms with E-state index in [4.69, 9.17) is 18.9 Å². The van der Waals surface area contributed by atoms with Crippen LogP contribution in [-0.2, 0) is 19.9 Å². The van der Waals surface area contributed by atoms with Gasteiger partial charge in [0.15, 0.2) is 6.23 Å². The molecule has 39 heavy (non-hydrogen) atoms. The van der Waals surface area contributed by atoms with Crippen molar-refractivity contribution in [3.05, 3.63) is 129 Å². The highest BCUT2D eigenvalue weighted by molar-refractivity contribution is 5.56. The van der Waals surface area contributed by atoms with Crippen molar-refractivity contribution in [1.82, 2.24) is 9.55 Å². The Balaban J connectivity index is 1.74. The van der Waals surface area contributed by atoms with Crippen LogP contribution in [0.3, 0.4) is 0 Å². The molecule has 0 radical (unpaired) electrons. The molecule has 0 bridgehead atoms. The molecule has 1 saturated heterocycles. The maximum atomic E-state index is 12.7. The zero-order valence-electron chi connectivity index (χ0n) is 21.5. The van der Waals surface area contributed by atoms with Crippen LogP contribution >= 0.6 is 0 Å². The first-order chi connectivity index (χ1) is 19.0. The first-order valence-corrected chi connectivity index (χ1v) is 12.4. The zero-order chi connectivity index (χ0) is 27.4. The van der Waals surface area contributed by atoms with Gasteiger partial charge in [-0.15, -0.1) is 0 Å². The molecular formula is C30H28N2O7. The first kappa shape index (κ1) is 26.1. The van der Waals surface area contributed by atoms with E-state index in [1.54, 1.807) is 14.2 Å². The van der Waals surface area contributed by atoms with Crippen LogP contribution < -0.4 is 20.7 Å². The van der Waals surface area contributed by atoms with Crippen LogP contribution in [0, 0.1) is 5.92 Å². The molecule has 9 heteroatoms. The van der Waals surface area contributed by atoms with E-state index in [9.17, 15) is 14.4 Å². The lowest BCUT2D eigenvalue weighted by atomic mass is 9.79. The van der Waals surface area contributed by atoms with Crippen LogP contribution in [0.5, 0.6) is 11.5 Å². The van der Waals surface area contributed by atoms with Crippen molar-refractivity contribution in [3.8, 4) is 11.5 Å². The van der Waals surface area contributed by atoms with E-state index in [-0.39, 0.29) is 6.61 Å². The maximum absolute atomic E-state index is 12.7. The van der Waals surface area contributed by atoms with Crippen molar-refractivity contribution in [2.24, 2.45) is 5.92 Å². The van der Waals surface area contributed by atoms with Crippen LogP contribution in [0.4, 0.5) is 0 Å². The first-order valence-electron chi connectivity index (χ1n) is 12.4. The van der Waals surface area contributed by atoms with Gasteiger partial charge in [0.2, 0.25) is 0 Å². The fraction of sp³-hybridized carbons (Fsp3) is 0.233. The molecule has 200 valence electrons. The van der Waals surface area contributed by atoms with Gasteiger partial charge < -0.3 is 23.7 Å². The summed E-state index contributed by atoms with van der Waals surface area (Å²) in [7, 11) is 3.19. The van der Waals surface area contributed by atoms with Gasteiger partial charge in [0.1, 0.15) is 29.5 Å². The summed E-state index contributed by atoms with van der Waals surface area (Å²) in [6, 6.07) is 25.8. The monoisotopic (exact) mass is 528 g/mol. The third-order valence-electron chi connectivity index (χ3n) is 6.95. The smallest absolute Gasteiger partial charge is 0.330 e. The molecule has 1 aromatic heterocycles. The molecule has 5 rings (SSSR count). The third-order valence-corrected chi connectivity index (χ3v) is 6.95. The Morgan fingerprint density at radius 2 is 1.41 bits per heavy atom. The summed E-state index contributed by atoms with van der Waals surface area (Å²) in [5, 5.41) is 0. The van der Waals surface area contributed by atoms with Crippen molar-refractivity contribution in [2.75, 3.05) is 20.8 Å². The second kappa shape index (κ2) is 11.1. The van der Waals surface area contributed by atoms with E-state index in [2.05, 4.69) is 4.98 Å². The van der Waals surface area contributed by atoms with Crippen LogP contribution in [0.1, 0.15) is 22.9 Å². The van der Waals surface area contributed by atoms with Gasteiger partial charge in [-0.1, -0.05) is 54.6 Å². The molecular weight excluding hydrogens is 500 g/mol. The molecule has 1 fully saturated rings. The topological polar surface area (TPSA) is 109 Å². The number of benzene rings is 3. The van der Waals surface area contributed by atoms with Gasteiger partial charge in [-0.2, -0.15) is 0 Å². The van der Waals surface area contributed by atoms with Gasteiger partial charge in [0, 0.05) is 12.3 Å². The van der Waals surface area contributed by atoms with Gasteiger partial charge in [0.25, 0.3) is 5.56 Å². The van der Waals surface area contributed by atoms with Crippen molar-refractivity contribution in [3.63, 3.8) is 0 Å². The van der Waals surface area contributed by atoms with Crippen LogP contribution in [0.2, 0.25) is 0 Å². The largest absolute Gasteiger partial charge is 0.497 e. The minimum atomic E-state index is -1.23. The number of methoxy groups -OCH3 is 2. The average molecular weight is 529 g/mol. The van der Waals surface area contributed by atoms with E-state index in [1.807, 2.05) is 78.9 Å². The van der Waals surface area contributed by atoms with Gasteiger partial charge in [0.05, 0.1) is 26.7 Å². The van der Waals surface area contributed by atoms with Gasteiger partial charge in [-0.25, -0.2) is 4.79 Å². The van der Waals surface area contributed by atoms with E-state index >= 15 is 0 Å². The predicted molar refractivity (Wildman–Crippen MR) is 143 cm³/mol. The standard InChI is InChI=1S/C30H28N2O7/c1-36-24-12-8-22(9-13-24)30(21-6-4-3-5-7-21,23-10-14-25(37-2)15-11-23)39-27-20(18-33)19-38-28(27)32-17-16-26(34)31-29(32)35/h3-18,20,27-28H,19H2,1-2H3,(H,31,34,35)/t20-,27+,28+/m0/s1. The second-order valence-corrected chi connectivity index (χ2v) is 9.13. The highest BCUT2D eigenvalue weighted by Crippen LogP contribution is 2.46. The van der Waals surface area contributed by atoms with E-state index in [0.29, 0.717) is 11.5 Å². The number of carbonyl (C=O) groups excluding carboxylic acids is 1. The SMILES string of the molecule is COc1ccc(C(O[C@H]2[C@H](n3ccc(=O)[nH]c3=O)OC[C@@H]2C=O)(c2ccccc2)c2ccc(OC)cc2)cc1. The molecule has 0 spiro atoms. The van der Waals surface area contributed by atoms with Crippen molar-refractivity contribution in [2.45, 2.75) is 17.9 Å². The maximum Gasteiger partial charge on any atom is 0.330 e. The number of nitrogens with zero attached hydrogens (tertiary/aromatic N) is 1. The molecule has 3 atom stereocenters. The molecule has 0 saturated carbocycles. The summed E-state index contributed by atoms with van der Waals surface area (Å²) in [4.78, 5) is 39.0. The van der Waals surface area contributed by atoms with Crippen molar-refractivity contribution >= 4 is 6.29 Å². The lowest BCUT2D eigenvalue weighted by Gasteiger charge is -2.40. The number of ether oxygens (including phenoxy) is 4. The minimum Gasteiger partial charge on any atom is -0.497 e. The highest BCUT2D eigenvalue weighted by atomic mass is 16.6. The third kappa shape index (κ3) is 4.89. The quantitative estimate of drug-likeness (QED) is 0.262. The van der Waals surface area contributed by atoms with E-state index in [0.717, 1.165) is 23.0 Å². The highest BCUT2D eigenvalue weighted by Gasteiger charge is 2.48. The summed E-state index contributed by atoms with van der Waals surface area (Å²) < 4.78 is 25.1. The summed E-state index contributed by atoms with van der Waals surface area (Å²) in [6.45, 7) is 0.0422. The summed E-state index contributed by atoms with van der Waals surface area (Å²) in [6.07, 6.45) is 0.263. The summed E-state index contributed by atoms with van der Waals surface area (Å²) >= 11 is 0. The molecule has 0 unspecified atom stereocenters. The second-order valence-electron chi connectivity index (χ2n) is 9.13. The van der Waals surface area contributed by atoms with Gasteiger partial charge in [-0.3, -0.25) is 14.3 Å². The lowest BCUT2D eigenvalue weighted by molar-refractivity contribution is -0.127. The van der Waals surface area contributed by atoms with Crippen molar-refractivity contribution in [1.29, 1.82) is 0 Å². The van der Waals surface area contributed by atoms with Crippen LogP contribution in [0.25, 0.3) is 0 Å². The lowest BCUT2D eigenvalue weighted by Crippen LogP contribution is -2.44. The molecule has 1 aliphatic heterocycles. The van der Waals surface area contributed by atoms with Crippen molar-refractivity contribution < 1.29 is 23.7 Å². The summed E-state index contributed by atoms with van der Waals surface area (Å²) in [5.74, 6) is 0.652. The Hall–Kier alpha value is -4.47. The summed E-state index contributed by atoms with van der Waals surface area (Å²) in [5.41, 5.74) is -0.0960. The molecule has 4 aromatic rings. The number of rotatable bonds is 9. The zero-order valence-corrected chi connectivity index (χ0v) is 21.5. The number of hydrogen-bond donors (Lipinski definition) is 1. The Morgan fingerprint density at radius 1 is 0.846 bits per heavy atom. The molecule has 1 aliphatic rings. The van der Waals surface area contributed by atoms with Gasteiger partial charge in [-0.05, 0) is 41.0 Å². The van der Waals surface area contributed by atoms with Gasteiger partial charge >= 0.3 is 5.69 Å². The van der Waals surface area contributed by atoms with E-state index < -0.39 is 35.1 Å². The molecule has 3 aromatic carbocycles. The molecule has 0 amide bonds. The van der Waals surface area contributed by atoms with E-state index in [1.165, 1.54) is 16.8 Å². The number of aldehydes is 1. The number of aromatic nitrogens is 2. The Labute approximate surface area is 224 Å². The fourth-order valence-corrected chi connectivity index (χ4v) is 4.97. The number of nitrogens with one attached hydrogen (secondary N) is 1. The Kier molecular flexibility index (Phi) is 7.44. The molecule has 2 heterocycles. The normalized spacial score (nSPS) is 19.0. The Morgan fingerprint density at radius 3 is 1.92 bits per heavy atom. The molecule has 0 aliphatic carbocycles. The molecule has 9 nitrogen and oxygen atoms in total. The number of carbonyl (C=O) groups is 1. The van der Waals surface area contributed by atoms with Crippen LogP contribution in [0.15, 0.2) is 101 Å². The predicted octanol–water partition coefficient (Wildman–Crippen LogP) is 3.28. The molecule has 1 N–H and O–H groups in total. The number of hydrogen-bond acceptors (Lipinski definition) is 7.